The summed E-state index contributed by atoms with van der Waals surface area (Å²) in [5.74, 6) is 0.744. The predicted molar refractivity (Wildman–Crippen MR) is 60.1 cm³/mol. The molecule has 76 valence electrons. The normalized spacial score (nSPS) is 12.4. The van der Waals surface area contributed by atoms with Crippen LogP contribution >= 0.6 is 0 Å². The van der Waals surface area contributed by atoms with Gasteiger partial charge in [-0.1, -0.05) is 24.3 Å². The van der Waals surface area contributed by atoms with Crippen molar-refractivity contribution in [2.75, 3.05) is 0 Å². The Bertz CT molecular complexity index is 420. The molecule has 0 saturated heterocycles. The van der Waals surface area contributed by atoms with Crippen LogP contribution in [0.1, 0.15) is 18.5 Å². The van der Waals surface area contributed by atoms with Gasteiger partial charge in [0, 0.05) is 24.0 Å². The van der Waals surface area contributed by atoms with Crippen molar-refractivity contribution in [2.24, 2.45) is 5.73 Å². The maximum absolute atomic E-state index is 5.77. The Morgan fingerprint density at radius 1 is 1.07 bits per heavy atom. The van der Waals surface area contributed by atoms with E-state index in [1.807, 2.05) is 31.2 Å². The van der Waals surface area contributed by atoms with E-state index in [1.165, 1.54) is 0 Å². The standard InChI is InChI=1S/C12H13N3/c1-9(13)10-3-5-11(6-4-10)12-14-7-2-8-15-12/h2-9H,13H2,1H3. The van der Waals surface area contributed by atoms with Gasteiger partial charge < -0.3 is 5.73 Å². The van der Waals surface area contributed by atoms with Gasteiger partial charge in [0.15, 0.2) is 5.82 Å². The number of benzene rings is 1. The summed E-state index contributed by atoms with van der Waals surface area (Å²) in [5.41, 5.74) is 7.91. The highest BCUT2D eigenvalue weighted by atomic mass is 14.8. The number of nitrogens with zero attached hydrogens (tertiary/aromatic N) is 2. The third-order valence-electron chi connectivity index (χ3n) is 2.26. The van der Waals surface area contributed by atoms with Crippen LogP contribution in [-0.4, -0.2) is 9.97 Å². The van der Waals surface area contributed by atoms with E-state index in [1.54, 1.807) is 18.5 Å². The minimum absolute atomic E-state index is 0.0655. The molecule has 0 bridgehead atoms. The van der Waals surface area contributed by atoms with Crippen LogP contribution in [0, 0.1) is 0 Å². The lowest BCUT2D eigenvalue weighted by Gasteiger charge is -2.05. The van der Waals surface area contributed by atoms with Crippen LogP contribution in [0.2, 0.25) is 0 Å². The zero-order valence-electron chi connectivity index (χ0n) is 8.59. The Balaban J connectivity index is 2.32. The molecule has 1 aromatic carbocycles. The van der Waals surface area contributed by atoms with Crippen LogP contribution in [0.25, 0.3) is 11.4 Å². The van der Waals surface area contributed by atoms with Gasteiger partial charge in [0.1, 0.15) is 0 Å². The highest BCUT2D eigenvalue weighted by Gasteiger charge is 2.01. The van der Waals surface area contributed by atoms with E-state index in [0.29, 0.717) is 0 Å². The number of rotatable bonds is 2. The monoisotopic (exact) mass is 199 g/mol. The van der Waals surface area contributed by atoms with Crippen LogP contribution in [-0.2, 0) is 0 Å². The first-order valence-corrected chi connectivity index (χ1v) is 4.90. The van der Waals surface area contributed by atoms with Gasteiger partial charge in [-0.2, -0.15) is 0 Å². The molecule has 0 aliphatic rings. The first-order valence-electron chi connectivity index (χ1n) is 4.90. The van der Waals surface area contributed by atoms with Crippen molar-refractivity contribution in [1.82, 2.24) is 9.97 Å². The predicted octanol–water partition coefficient (Wildman–Crippen LogP) is 2.16. The van der Waals surface area contributed by atoms with Crippen molar-refractivity contribution in [2.45, 2.75) is 13.0 Å². The van der Waals surface area contributed by atoms with Crippen molar-refractivity contribution in [3.8, 4) is 11.4 Å². The van der Waals surface area contributed by atoms with Gasteiger partial charge in [0.05, 0.1) is 0 Å². The van der Waals surface area contributed by atoms with Crippen LogP contribution in [0.4, 0.5) is 0 Å². The molecular weight excluding hydrogens is 186 g/mol. The van der Waals surface area contributed by atoms with Gasteiger partial charge in [0.25, 0.3) is 0 Å². The van der Waals surface area contributed by atoms with Crippen LogP contribution < -0.4 is 5.73 Å². The van der Waals surface area contributed by atoms with Crippen LogP contribution in [0.3, 0.4) is 0 Å². The zero-order valence-corrected chi connectivity index (χ0v) is 8.59. The average molecular weight is 199 g/mol. The van der Waals surface area contributed by atoms with Crippen molar-refractivity contribution < 1.29 is 0 Å². The van der Waals surface area contributed by atoms with E-state index in [-0.39, 0.29) is 6.04 Å². The summed E-state index contributed by atoms with van der Waals surface area (Å²) in [4.78, 5) is 8.36. The Hall–Kier alpha value is -1.74. The quantitative estimate of drug-likeness (QED) is 0.806. The first-order chi connectivity index (χ1) is 7.27. The minimum Gasteiger partial charge on any atom is -0.324 e. The van der Waals surface area contributed by atoms with E-state index >= 15 is 0 Å². The molecule has 2 aromatic rings. The zero-order chi connectivity index (χ0) is 10.7. The summed E-state index contributed by atoms with van der Waals surface area (Å²) >= 11 is 0. The van der Waals surface area contributed by atoms with Crippen molar-refractivity contribution >= 4 is 0 Å². The van der Waals surface area contributed by atoms with Gasteiger partial charge in [-0.3, -0.25) is 0 Å². The number of hydrogen-bond acceptors (Lipinski definition) is 3. The third kappa shape index (κ3) is 2.19. The van der Waals surface area contributed by atoms with Gasteiger partial charge >= 0.3 is 0 Å². The molecule has 2 N–H and O–H groups in total. The van der Waals surface area contributed by atoms with E-state index in [9.17, 15) is 0 Å². The lowest BCUT2D eigenvalue weighted by Crippen LogP contribution is -2.04. The first kappa shape index (κ1) is 9.80. The fourth-order valence-corrected chi connectivity index (χ4v) is 1.38. The molecule has 0 aliphatic carbocycles. The SMILES string of the molecule is CC(N)c1ccc(-c2ncccn2)cc1. The molecule has 2 rings (SSSR count). The fourth-order valence-electron chi connectivity index (χ4n) is 1.38. The summed E-state index contributed by atoms with van der Waals surface area (Å²) in [6, 6.07) is 9.88. The van der Waals surface area contributed by atoms with E-state index in [4.69, 9.17) is 5.73 Å². The summed E-state index contributed by atoms with van der Waals surface area (Å²) in [6.45, 7) is 1.97. The molecule has 1 atom stereocenters. The largest absolute Gasteiger partial charge is 0.324 e. The van der Waals surface area contributed by atoms with Gasteiger partial charge in [0.2, 0.25) is 0 Å². The Labute approximate surface area is 89.0 Å². The molecule has 0 amide bonds. The second kappa shape index (κ2) is 4.19. The molecule has 15 heavy (non-hydrogen) atoms. The summed E-state index contributed by atoms with van der Waals surface area (Å²) < 4.78 is 0. The highest BCUT2D eigenvalue weighted by molar-refractivity contribution is 5.54. The second-order valence-electron chi connectivity index (χ2n) is 3.48. The highest BCUT2D eigenvalue weighted by Crippen LogP contribution is 2.17. The van der Waals surface area contributed by atoms with E-state index in [2.05, 4.69) is 9.97 Å². The lowest BCUT2D eigenvalue weighted by molar-refractivity contribution is 0.818. The van der Waals surface area contributed by atoms with Crippen molar-refractivity contribution in [3.05, 3.63) is 48.3 Å². The maximum atomic E-state index is 5.77. The molecule has 3 nitrogen and oxygen atoms in total. The summed E-state index contributed by atoms with van der Waals surface area (Å²) in [5, 5.41) is 0. The Morgan fingerprint density at radius 2 is 1.67 bits per heavy atom. The number of aromatic nitrogens is 2. The van der Waals surface area contributed by atoms with Crippen molar-refractivity contribution in [3.63, 3.8) is 0 Å². The molecule has 0 radical (unpaired) electrons. The van der Waals surface area contributed by atoms with Gasteiger partial charge in [-0.05, 0) is 18.6 Å². The van der Waals surface area contributed by atoms with Crippen molar-refractivity contribution in [1.29, 1.82) is 0 Å². The molecule has 0 saturated carbocycles. The Kier molecular flexibility index (Phi) is 2.74. The number of nitrogens with two attached hydrogens (primary N) is 1. The van der Waals surface area contributed by atoms with Gasteiger partial charge in [-0.15, -0.1) is 0 Å². The summed E-state index contributed by atoms with van der Waals surface area (Å²) in [6.07, 6.45) is 3.48. The third-order valence-corrected chi connectivity index (χ3v) is 2.26. The topological polar surface area (TPSA) is 51.8 Å². The molecule has 0 fully saturated rings. The van der Waals surface area contributed by atoms with Crippen LogP contribution in [0.5, 0.6) is 0 Å². The molecule has 0 aliphatic heterocycles. The Morgan fingerprint density at radius 3 is 2.20 bits per heavy atom. The molecule has 1 aromatic heterocycles. The number of hydrogen-bond donors (Lipinski definition) is 1. The lowest BCUT2D eigenvalue weighted by atomic mass is 10.1. The fraction of sp³-hybridized carbons (Fsp3) is 0.167. The van der Waals surface area contributed by atoms with E-state index < -0.39 is 0 Å². The minimum atomic E-state index is 0.0655. The molecule has 1 heterocycles. The average Bonchev–Trinajstić information content (AvgIpc) is 2.30. The smallest absolute Gasteiger partial charge is 0.159 e. The second-order valence-corrected chi connectivity index (χ2v) is 3.48. The van der Waals surface area contributed by atoms with E-state index in [0.717, 1.165) is 17.0 Å². The molecule has 3 heteroatoms. The molecular formula is C12H13N3. The van der Waals surface area contributed by atoms with Crippen LogP contribution in [0.15, 0.2) is 42.7 Å². The van der Waals surface area contributed by atoms with Gasteiger partial charge in [-0.25, -0.2) is 9.97 Å². The summed E-state index contributed by atoms with van der Waals surface area (Å²) in [7, 11) is 0. The molecule has 1 unspecified atom stereocenters. The maximum Gasteiger partial charge on any atom is 0.159 e. The molecule has 0 spiro atoms.